The first-order chi connectivity index (χ1) is 4.27. The lowest BCUT2D eigenvalue weighted by molar-refractivity contribution is 0.250. The normalized spacial score (nSPS) is 18.4. The Balaban J connectivity index is 4.17. The van der Waals surface area contributed by atoms with Gasteiger partial charge in [-0.1, -0.05) is 0 Å². The van der Waals surface area contributed by atoms with Gasteiger partial charge in [0.15, 0.2) is 0 Å². The lowest BCUT2D eigenvalue weighted by Crippen LogP contribution is -1.98. The highest BCUT2D eigenvalue weighted by Crippen LogP contribution is 2.56. The average molecular weight is 225 g/mol. The molecule has 62 valence electrons. The van der Waals surface area contributed by atoms with Crippen LogP contribution in [0.15, 0.2) is 0 Å². The molecule has 0 spiro atoms. The monoisotopic (exact) mass is 225 g/mol. The average Bonchev–Trinajstić information content (AvgIpc) is 1.60. The first-order valence-electron chi connectivity index (χ1n) is 1.75. The fourth-order valence-electron chi connectivity index (χ4n) is 0.154. The molecule has 0 aliphatic carbocycles. The number of hydrogen-bond donors (Lipinski definition) is 4. The molecule has 0 aromatic heterocycles. The summed E-state index contributed by atoms with van der Waals surface area (Å²) in [6, 6.07) is 0. The summed E-state index contributed by atoms with van der Waals surface area (Å²) in [6.07, 6.45) is 0. The van der Waals surface area contributed by atoms with E-state index >= 15 is 0 Å². The predicted molar refractivity (Wildman–Crippen MR) is 41.6 cm³/mol. The van der Waals surface area contributed by atoms with Crippen LogP contribution in [-0.2, 0) is 32.5 Å². The Labute approximate surface area is 67.0 Å². The molecule has 0 saturated carbocycles. The predicted octanol–water partition coefficient (Wildman–Crippen LogP) is -0.681. The summed E-state index contributed by atoms with van der Waals surface area (Å²) >= 11 is 8.10. The standard InChI is InChI=1S/H5NO5P2S2/c1-5-8(4,10)6-7(2,3)9/h1H2,(H,4,10)(H2,2,3,9). The molecule has 5 N–H and O–H groups in total. The third-order valence-electron chi connectivity index (χ3n) is 0.343. The van der Waals surface area contributed by atoms with Crippen molar-refractivity contribution in [3.05, 3.63) is 0 Å². The van der Waals surface area contributed by atoms with Crippen LogP contribution in [-0.4, -0.2) is 14.7 Å². The highest BCUT2D eigenvalue weighted by molar-refractivity contribution is 8.14. The summed E-state index contributed by atoms with van der Waals surface area (Å²) < 4.78 is 7.66. The van der Waals surface area contributed by atoms with Crippen molar-refractivity contribution in [3.8, 4) is 0 Å². The van der Waals surface area contributed by atoms with Gasteiger partial charge in [-0.25, -0.2) is 14.8 Å². The van der Waals surface area contributed by atoms with Crippen molar-refractivity contribution in [3.63, 3.8) is 0 Å². The summed E-state index contributed by atoms with van der Waals surface area (Å²) in [7, 11) is 0. The van der Waals surface area contributed by atoms with Crippen LogP contribution < -0.4 is 5.90 Å². The molecule has 0 fully saturated rings. The molecular formula is H5NO5P2S2. The Hall–Kier alpha value is 1.06. The second kappa shape index (κ2) is 3.64. The smallest absolute Gasteiger partial charge is 0.324 e. The molecule has 6 nitrogen and oxygen atoms in total. The van der Waals surface area contributed by atoms with E-state index in [1.807, 2.05) is 0 Å². The SMILES string of the molecule is NOP(O)(=S)OP(O)(O)=S. The molecule has 1 unspecified atom stereocenters. The van der Waals surface area contributed by atoms with Crippen LogP contribution in [0, 0.1) is 0 Å². The summed E-state index contributed by atoms with van der Waals surface area (Å²) in [4.78, 5) is 25.5. The Kier molecular flexibility index (Phi) is 4.03. The van der Waals surface area contributed by atoms with Crippen molar-refractivity contribution >= 4 is 37.1 Å². The Morgan fingerprint density at radius 3 is 1.70 bits per heavy atom. The zero-order valence-electron chi connectivity index (χ0n) is 4.45. The Morgan fingerprint density at radius 2 is 1.60 bits per heavy atom. The van der Waals surface area contributed by atoms with Gasteiger partial charge in [0.1, 0.15) is 0 Å². The van der Waals surface area contributed by atoms with Crippen molar-refractivity contribution in [1.82, 2.24) is 0 Å². The topological polar surface area (TPSA) is 105 Å². The van der Waals surface area contributed by atoms with Crippen LogP contribution in [0.1, 0.15) is 0 Å². The second-order valence-corrected chi connectivity index (χ2v) is 6.74. The van der Waals surface area contributed by atoms with Gasteiger partial charge in [-0.15, -0.1) is 0 Å². The van der Waals surface area contributed by atoms with Crippen LogP contribution >= 0.6 is 13.4 Å². The van der Waals surface area contributed by atoms with E-state index in [1.54, 1.807) is 0 Å². The zero-order chi connectivity index (χ0) is 8.41. The fraction of sp³-hybridized carbons (Fsp3) is 0. The molecule has 0 radical (unpaired) electrons. The van der Waals surface area contributed by atoms with E-state index < -0.39 is 13.4 Å². The van der Waals surface area contributed by atoms with Crippen LogP contribution in [0.5, 0.6) is 0 Å². The van der Waals surface area contributed by atoms with E-state index in [0.29, 0.717) is 0 Å². The zero-order valence-corrected chi connectivity index (χ0v) is 7.87. The third-order valence-corrected chi connectivity index (χ3v) is 3.74. The lowest BCUT2D eigenvalue weighted by atomic mass is 13.6. The molecule has 0 aliphatic heterocycles. The summed E-state index contributed by atoms with van der Waals surface area (Å²) in [5, 5.41) is 0. The van der Waals surface area contributed by atoms with E-state index in [0.717, 1.165) is 0 Å². The minimum absolute atomic E-state index is 3.71. The van der Waals surface area contributed by atoms with Gasteiger partial charge in [-0.05, 0) is 23.6 Å². The highest BCUT2D eigenvalue weighted by Gasteiger charge is 2.22. The van der Waals surface area contributed by atoms with E-state index in [-0.39, 0.29) is 0 Å². The molecular weight excluding hydrogens is 220 g/mol. The molecule has 0 aromatic rings. The minimum atomic E-state index is -3.98. The molecule has 0 aliphatic rings. The fourth-order valence-corrected chi connectivity index (χ4v) is 3.41. The third kappa shape index (κ3) is 5.82. The van der Waals surface area contributed by atoms with Crippen molar-refractivity contribution in [2.45, 2.75) is 0 Å². The van der Waals surface area contributed by atoms with E-state index in [4.69, 9.17) is 14.7 Å². The largest absolute Gasteiger partial charge is 0.348 e. The maximum Gasteiger partial charge on any atom is 0.348 e. The van der Waals surface area contributed by atoms with E-state index in [2.05, 4.69) is 38.4 Å². The van der Waals surface area contributed by atoms with Gasteiger partial charge in [0.25, 0.3) is 0 Å². The van der Waals surface area contributed by atoms with Crippen LogP contribution in [0.25, 0.3) is 0 Å². The minimum Gasteiger partial charge on any atom is -0.324 e. The summed E-state index contributed by atoms with van der Waals surface area (Å²) in [6.45, 7) is -7.72. The quantitative estimate of drug-likeness (QED) is 0.370. The molecule has 0 rings (SSSR count). The van der Waals surface area contributed by atoms with E-state index in [9.17, 15) is 0 Å². The molecule has 0 aromatic carbocycles. The second-order valence-electron chi connectivity index (χ2n) is 1.15. The maximum absolute atomic E-state index is 8.66. The van der Waals surface area contributed by atoms with Gasteiger partial charge in [0.05, 0.1) is 0 Å². The molecule has 1 atom stereocenters. The van der Waals surface area contributed by atoms with Crippen molar-refractivity contribution in [1.29, 1.82) is 0 Å². The number of rotatable bonds is 3. The van der Waals surface area contributed by atoms with Crippen LogP contribution in [0.3, 0.4) is 0 Å². The first-order valence-corrected chi connectivity index (χ1v) is 6.97. The van der Waals surface area contributed by atoms with Crippen molar-refractivity contribution in [2.24, 2.45) is 5.90 Å². The number of hydrogen-bond acceptors (Lipinski definition) is 5. The molecule has 0 amide bonds. The Bertz CT molecular complexity index is 196. The van der Waals surface area contributed by atoms with Gasteiger partial charge in [-0.2, -0.15) is 0 Å². The van der Waals surface area contributed by atoms with Crippen molar-refractivity contribution < 1.29 is 23.6 Å². The number of nitrogens with two attached hydrogens (primary N) is 1. The van der Waals surface area contributed by atoms with Gasteiger partial charge in [0, 0.05) is 0 Å². The Morgan fingerprint density at radius 1 is 1.20 bits per heavy atom. The van der Waals surface area contributed by atoms with Gasteiger partial charge < -0.3 is 14.7 Å². The highest BCUT2D eigenvalue weighted by atomic mass is 32.5. The molecule has 0 saturated heterocycles. The molecule has 0 heterocycles. The molecule has 10 heteroatoms. The van der Waals surface area contributed by atoms with E-state index in [1.165, 1.54) is 0 Å². The van der Waals surface area contributed by atoms with Gasteiger partial charge >= 0.3 is 13.4 Å². The van der Waals surface area contributed by atoms with Crippen LogP contribution in [0.4, 0.5) is 0 Å². The maximum atomic E-state index is 8.66. The first kappa shape index (κ1) is 11.1. The lowest BCUT2D eigenvalue weighted by Gasteiger charge is -2.13. The molecule has 10 heavy (non-hydrogen) atoms. The van der Waals surface area contributed by atoms with Gasteiger partial charge in [-0.3, -0.25) is 0 Å². The summed E-state index contributed by atoms with van der Waals surface area (Å²) in [5.74, 6) is 4.43. The van der Waals surface area contributed by atoms with Crippen molar-refractivity contribution in [2.75, 3.05) is 0 Å². The van der Waals surface area contributed by atoms with Gasteiger partial charge in [0.2, 0.25) is 0 Å². The summed E-state index contributed by atoms with van der Waals surface area (Å²) in [5.41, 5.74) is 0. The molecule has 0 bridgehead atoms. The van der Waals surface area contributed by atoms with Crippen LogP contribution in [0.2, 0.25) is 0 Å².